The van der Waals surface area contributed by atoms with Crippen molar-refractivity contribution >= 4 is 69.4 Å². The van der Waals surface area contributed by atoms with Gasteiger partial charge in [0.1, 0.15) is 17.9 Å². The number of rotatable bonds is 4. The van der Waals surface area contributed by atoms with E-state index in [1.165, 1.54) is 18.0 Å². The molecule has 8 heteroatoms. The minimum atomic E-state index is -0.503. The summed E-state index contributed by atoms with van der Waals surface area (Å²) in [6.07, 6.45) is 1.54. The summed E-state index contributed by atoms with van der Waals surface area (Å²) in [7, 11) is 1.52. The summed E-state index contributed by atoms with van der Waals surface area (Å²) in [5.41, 5.74) is 1.64. The highest BCUT2D eigenvalue weighted by Crippen LogP contribution is 2.26. The average molecular weight is 513 g/mol. The molecule has 3 rings (SSSR count). The van der Waals surface area contributed by atoms with E-state index in [1.807, 2.05) is 30.3 Å². The molecule has 27 heavy (non-hydrogen) atoms. The molecule has 2 amide bonds. The Morgan fingerprint density at radius 3 is 2.70 bits per heavy atom. The van der Waals surface area contributed by atoms with Gasteiger partial charge in [-0.05, 0) is 64.6 Å². The van der Waals surface area contributed by atoms with Crippen LogP contribution in [-0.2, 0) is 16.2 Å². The predicted octanol–water partition coefficient (Wildman–Crippen LogP) is 3.78. The first kappa shape index (κ1) is 19.8. The highest BCUT2D eigenvalue weighted by molar-refractivity contribution is 14.1. The Labute approximate surface area is 180 Å². The zero-order valence-electron chi connectivity index (χ0n) is 14.2. The van der Waals surface area contributed by atoms with Crippen molar-refractivity contribution in [3.63, 3.8) is 0 Å². The normalized spacial score (nSPS) is 15.9. The van der Waals surface area contributed by atoms with E-state index in [1.54, 1.807) is 12.1 Å². The van der Waals surface area contributed by atoms with Gasteiger partial charge in [0.15, 0.2) is 5.11 Å². The number of likely N-dealkylation sites (N-methyl/N-ethyl adjacent to an activating group) is 1. The molecule has 1 aliphatic rings. The molecular formula is C19H14ClIN2O3S. The van der Waals surface area contributed by atoms with Crippen LogP contribution in [-0.4, -0.2) is 28.9 Å². The van der Waals surface area contributed by atoms with E-state index in [4.69, 9.17) is 28.6 Å². The van der Waals surface area contributed by atoms with Crippen LogP contribution >= 0.6 is 46.4 Å². The number of amides is 2. The molecule has 0 bridgehead atoms. The molecule has 1 N–H and O–H groups in total. The maximum Gasteiger partial charge on any atom is 0.265 e. The van der Waals surface area contributed by atoms with Crippen molar-refractivity contribution in [2.45, 2.75) is 6.61 Å². The molecule has 0 aliphatic carbocycles. The molecule has 1 fully saturated rings. The van der Waals surface area contributed by atoms with Crippen LogP contribution in [0.2, 0.25) is 5.02 Å². The number of benzene rings is 2. The second kappa shape index (κ2) is 8.37. The monoisotopic (exact) mass is 512 g/mol. The van der Waals surface area contributed by atoms with Gasteiger partial charge in [0.2, 0.25) is 0 Å². The highest BCUT2D eigenvalue weighted by Gasteiger charge is 2.30. The lowest BCUT2D eigenvalue weighted by Gasteiger charge is -2.25. The Balaban J connectivity index is 1.78. The number of ether oxygens (including phenoxy) is 1. The van der Waals surface area contributed by atoms with Gasteiger partial charge in [-0.25, -0.2) is 0 Å². The molecule has 138 valence electrons. The van der Waals surface area contributed by atoms with Crippen LogP contribution in [0.4, 0.5) is 0 Å². The van der Waals surface area contributed by atoms with Gasteiger partial charge < -0.3 is 4.74 Å². The van der Waals surface area contributed by atoms with Crippen LogP contribution in [0.15, 0.2) is 48.0 Å². The zero-order chi connectivity index (χ0) is 19.6. The van der Waals surface area contributed by atoms with Gasteiger partial charge in [-0.15, -0.1) is 0 Å². The standard InChI is InChI=1S/C19H14ClIN2O3S/c1-23-18(25)13(17(24)22-19(23)27)8-11-6-7-16(15(21)9-11)26-10-12-4-2-3-5-14(12)20/h2-9H,10H2,1H3,(H,22,24,27)/b13-8+. The van der Waals surface area contributed by atoms with Crippen LogP contribution < -0.4 is 10.1 Å². The second-order valence-electron chi connectivity index (χ2n) is 5.75. The van der Waals surface area contributed by atoms with Gasteiger partial charge >= 0.3 is 0 Å². The van der Waals surface area contributed by atoms with Gasteiger partial charge in [-0.2, -0.15) is 0 Å². The molecule has 0 radical (unpaired) electrons. The Hall–Kier alpha value is -1.97. The number of carbonyl (C=O) groups is 2. The number of halogens is 2. The smallest absolute Gasteiger partial charge is 0.265 e. The minimum Gasteiger partial charge on any atom is -0.488 e. The van der Waals surface area contributed by atoms with Crippen molar-refractivity contribution in [2.75, 3.05) is 7.05 Å². The number of hydrogen-bond donors (Lipinski definition) is 1. The lowest BCUT2D eigenvalue weighted by atomic mass is 10.1. The largest absolute Gasteiger partial charge is 0.488 e. The first-order valence-corrected chi connectivity index (χ1v) is 9.74. The van der Waals surface area contributed by atoms with Gasteiger partial charge in [0.05, 0.1) is 3.57 Å². The molecule has 0 aromatic heterocycles. The maximum atomic E-state index is 12.3. The van der Waals surface area contributed by atoms with Crippen molar-refractivity contribution in [3.05, 3.63) is 67.8 Å². The highest BCUT2D eigenvalue weighted by atomic mass is 127. The van der Waals surface area contributed by atoms with Crippen LogP contribution in [0.5, 0.6) is 5.75 Å². The fraction of sp³-hybridized carbons (Fsp3) is 0.105. The molecule has 5 nitrogen and oxygen atoms in total. The van der Waals surface area contributed by atoms with Gasteiger partial charge in [-0.3, -0.25) is 19.8 Å². The molecule has 0 atom stereocenters. The Morgan fingerprint density at radius 1 is 1.26 bits per heavy atom. The Kier molecular flexibility index (Phi) is 6.13. The Bertz CT molecular complexity index is 977. The molecule has 2 aromatic rings. The number of nitrogens with zero attached hydrogens (tertiary/aromatic N) is 1. The van der Waals surface area contributed by atoms with Crippen molar-refractivity contribution in [1.82, 2.24) is 10.2 Å². The van der Waals surface area contributed by atoms with Crippen molar-refractivity contribution in [3.8, 4) is 5.75 Å². The summed E-state index contributed by atoms with van der Waals surface area (Å²) in [6.45, 7) is 0.346. The van der Waals surface area contributed by atoms with E-state index in [9.17, 15) is 9.59 Å². The zero-order valence-corrected chi connectivity index (χ0v) is 17.9. The van der Waals surface area contributed by atoms with Gasteiger partial charge in [-0.1, -0.05) is 35.9 Å². The quantitative estimate of drug-likeness (QED) is 0.293. The summed E-state index contributed by atoms with van der Waals surface area (Å²) in [5.74, 6) is -0.245. The summed E-state index contributed by atoms with van der Waals surface area (Å²) in [5, 5.41) is 3.24. The molecule has 1 aliphatic heterocycles. The van der Waals surface area contributed by atoms with E-state index < -0.39 is 11.8 Å². The van der Waals surface area contributed by atoms with Crippen molar-refractivity contribution < 1.29 is 14.3 Å². The number of hydrogen-bond acceptors (Lipinski definition) is 4. The summed E-state index contributed by atoms with van der Waals surface area (Å²) in [6, 6.07) is 12.9. The fourth-order valence-corrected chi connectivity index (χ4v) is 3.47. The first-order valence-electron chi connectivity index (χ1n) is 7.87. The summed E-state index contributed by atoms with van der Waals surface area (Å²) >= 11 is 13.2. The molecule has 2 aromatic carbocycles. The van der Waals surface area contributed by atoms with E-state index in [-0.39, 0.29) is 10.7 Å². The van der Waals surface area contributed by atoms with E-state index >= 15 is 0 Å². The number of nitrogens with one attached hydrogen (secondary N) is 1. The lowest BCUT2D eigenvalue weighted by molar-refractivity contribution is -0.128. The average Bonchev–Trinajstić information content (AvgIpc) is 2.64. The van der Waals surface area contributed by atoms with Crippen molar-refractivity contribution in [1.29, 1.82) is 0 Å². The van der Waals surface area contributed by atoms with E-state index in [0.29, 0.717) is 22.9 Å². The van der Waals surface area contributed by atoms with E-state index in [0.717, 1.165) is 9.13 Å². The van der Waals surface area contributed by atoms with Crippen LogP contribution in [0.1, 0.15) is 11.1 Å². The van der Waals surface area contributed by atoms with Gasteiger partial charge in [0.25, 0.3) is 11.8 Å². The first-order chi connectivity index (χ1) is 12.9. The molecule has 0 saturated carbocycles. The van der Waals surface area contributed by atoms with Gasteiger partial charge in [0, 0.05) is 17.6 Å². The summed E-state index contributed by atoms with van der Waals surface area (Å²) in [4.78, 5) is 25.5. The number of carbonyl (C=O) groups excluding carboxylic acids is 2. The Morgan fingerprint density at radius 2 is 2.00 bits per heavy atom. The van der Waals surface area contributed by atoms with Crippen LogP contribution in [0.3, 0.4) is 0 Å². The minimum absolute atomic E-state index is 0.0339. The molecule has 0 spiro atoms. The van der Waals surface area contributed by atoms with Crippen LogP contribution in [0.25, 0.3) is 6.08 Å². The third-order valence-electron chi connectivity index (χ3n) is 3.91. The fourth-order valence-electron chi connectivity index (χ4n) is 2.41. The SMILES string of the molecule is CN1C(=O)/C(=C/c2ccc(OCc3ccccc3Cl)c(I)c2)C(=O)NC1=S. The molecule has 0 unspecified atom stereocenters. The van der Waals surface area contributed by atoms with Crippen molar-refractivity contribution in [2.24, 2.45) is 0 Å². The molecule has 1 saturated heterocycles. The third kappa shape index (κ3) is 4.48. The third-order valence-corrected chi connectivity index (χ3v) is 5.50. The molecular weight excluding hydrogens is 499 g/mol. The van der Waals surface area contributed by atoms with E-state index in [2.05, 4.69) is 27.9 Å². The number of thiocarbonyl (C=S) groups is 1. The van der Waals surface area contributed by atoms with Crippen LogP contribution in [0, 0.1) is 3.57 Å². The lowest BCUT2D eigenvalue weighted by Crippen LogP contribution is -2.52. The topological polar surface area (TPSA) is 58.6 Å². The summed E-state index contributed by atoms with van der Waals surface area (Å²) < 4.78 is 6.69. The second-order valence-corrected chi connectivity index (χ2v) is 7.71. The maximum absolute atomic E-state index is 12.3. The predicted molar refractivity (Wildman–Crippen MR) is 116 cm³/mol. The molecule has 1 heterocycles.